The molecule has 0 amide bonds. The summed E-state index contributed by atoms with van der Waals surface area (Å²) in [5.74, 6) is 1.16. The fourth-order valence-electron chi connectivity index (χ4n) is 2.72. The number of carbonyl (C=O) groups is 1. The summed E-state index contributed by atoms with van der Waals surface area (Å²) in [6.07, 6.45) is 2.96. The van der Waals surface area contributed by atoms with Gasteiger partial charge in [0.1, 0.15) is 0 Å². The van der Waals surface area contributed by atoms with Gasteiger partial charge in [-0.05, 0) is 37.5 Å². The van der Waals surface area contributed by atoms with Crippen LogP contribution in [0.5, 0.6) is 11.6 Å². The van der Waals surface area contributed by atoms with Crippen molar-refractivity contribution in [2.24, 2.45) is 0 Å². The Morgan fingerprint density at radius 1 is 1.12 bits per heavy atom. The van der Waals surface area contributed by atoms with E-state index in [0.29, 0.717) is 24.7 Å². The van der Waals surface area contributed by atoms with Crippen LogP contribution in [0.15, 0.2) is 78.7 Å². The van der Waals surface area contributed by atoms with Crippen LogP contribution in [0.2, 0.25) is 0 Å². The summed E-state index contributed by atoms with van der Waals surface area (Å²) < 4.78 is 5.78. The van der Waals surface area contributed by atoms with Crippen LogP contribution in [0, 0.1) is 6.07 Å². The van der Waals surface area contributed by atoms with Crippen LogP contribution in [-0.2, 0) is 36.9 Å². The van der Waals surface area contributed by atoms with E-state index in [0.717, 1.165) is 11.4 Å². The summed E-state index contributed by atoms with van der Waals surface area (Å²) in [5.41, 5.74) is 1.74. The topological polar surface area (TPSA) is 86.4 Å². The maximum Gasteiger partial charge on any atom is 0.216 e. The second-order valence-electron chi connectivity index (χ2n) is 7.83. The third-order valence-electron chi connectivity index (χ3n) is 4.23. The van der Waals surface area contributed by atoms with Gasteiger partial charge in [-0.3, -0.25) is 9.78 Å². The summed E-state index contributed by atoms with van der Waals surface area (Å²) in [7, 11) is 0. The molecule has 1 radical (unpaired) electrons. The van der Waals surface area contributed by atoms with E-state index in [9.17, 15) is 4.79 Å². The van der Waals surface area contributed by atoms with Crippen LogP contribution in [0.3, 0.4) is 0 Å². The number of ether oxygens (including phenoxy) is 1. The largest absolute Gasteiger partial charge is 0.656 e. The standard InChI is InChI=1S/C21H21N3O.C5H8O2.Ir/c1-21(2,16-22-15-17-9-6-7-14-23-17)19-12-8-13-20(24-19)25-18-10-4-3-5-11-18;1-4(6)3-5(2)7;/h3-10,12-14H,15-16H2,1-2H3;3,6H,1-2H3;/q-2;;/b;4-3-;. The fraction of sp³-hybridized carbons (Fsp3) is 0.269. The van der Waals surface area contributed by atoms with Crippen molar-refractivity contribution in [3.8, 4) is 11.6 Å². The van der Waals surface area contributed by atoms with E-state index in [1.54, 1.807) is 6.20 Å². The molecule has 2 aromatic heterocycles. The fourth-order valence-corrected chi connectivity index (χ4v) is 2.72. The quantitative estimate of drug-likeness (QED) is 0.190. The molecular weight excluding hydrogens is 595 g/mol. The third-order valence-corrected chi connectivity index (χ3v) is 4.23. The first-order chi connectivity index (χ1) is 15.3. The van der Waals surface area contributed by atoms with Gasteiger partial charge in [-0.1, -0.05) is 26.0 Å². The van der Waals surface area contributed by atoms with Gasteiger partial charge in [-0.15, -0.1) is 25.2 Å². The van der Waals surface area contributed by atoms with Crippen molar-refractivity contribution < 1.29 is 34.7 Å². The molecular formula is C26H29IrN3O3-2. The Kier molecular flexibility index (Phi) is 12.2. The van der Waals surface area contributed by atoms with Gasteiger partial charge in [-0.25, -0.2) is 4.98 Å². The number of hydrogen-bond donors (Lipinski definition) is 1. The Bertz CT molecular complexity index is 1010. The number of aromatic nitrogens is 2. The second-order valence-corrected chi connectivity index (χ2v) is 7.83. The first-order valence-corrected chi connectivity index (χ1v) is 10.3. The molecule has 0 aliphatic rings. The zero-order valence-corrected chi connectivity index (χ0v) is 21.7. The number of aliphatic hydroxyl groups is 1. The molecule has 1 N–H and O–H groups in total. The van der Waals surface area contributed by atoms with Crippen LogP contribution in [0.1, 0.15) is 39.1 Å². The average molecular weight is 624 g/mol. The molecule has 0 atom stereocenters. The molecule has 6 nitrogen and oxygen atoms in total. The van der Waals surface area contributed by atoms with Crippen LogP contribution in [0.25, 0.3) is 5.32 Å². The number of rotatable bonds is 8. The molecule has 0 aliphatic carbocycles. The number of pyridine rings is 2. The number of hydrogen-bond acceptors (Lipinski definition) is 5. The minimum Gasteiger partial charge on any atom is -0.656 e. The molecule has 0 bridgehead atoms. The molecule has 2 heterocycles. The number of aliphatic hydroxyl groups excluding tert-OH is 1. The summed E-state index contributed by atoms with van der Waals surface area (Å²) >= 11 is 0. The molecule has 177 valence electrons. The predicted octanol–water partition coefficient (Wildman–Crippen LogP) is 5.96. The van der Waals surface area contributed by atoms with E-state index in [1.165, 1.54) is 19.9 Å². The molecule has 0 spiro atoms. The second kappa shape index (κ2) is 14.3. The summed E-state index contributed by atoms with van der Waals surface area (Å²) in [5, 5.41) is 13.0. The molecule has 0 saturated carbocycles. The minimum atomic E-state index is -0.186. The summed E-state index contributed by atoms with van der Waals surface area (Å²) in [6, 6.07) is 22.2. The van der Waals surface area contributed by atoms with Crippen molar-refractivity contribution in [2.45, 2.75) is 39.7 Å². The molecule has 0 unspecified atom stereocenters. The molecule has 7 heteroatoms. The maximum atomic E-state index is 10.0. The van der Waals surface area contributed by atoms with Gasteiger partial charge in [-0.2, -0.15) is 18.2 Å². The third kappa shape index (κ3) is 11.0. The Labute approximate surface area is 209 Å². The van der Waals surface area contributed by atoms with Crippen molar-refractivity contribution in [3.63, 3.8) is 0 Å². The van der Waals surface area contributed by atoms with E-state index < -0.39 is 0 Å². The summed E-state index contributed by atoms with van der Waals surface area (Å²) in [4.78, 5) is 19.0. The van der Waals surface area contributed by atoms with Crippen molar-refractivity contribution in [1.29, 1.82) is 0 Å². The molecule has 0 fully saturated rings. The zero-order chi connectivity index (χ0) is 23.4. The zero-order valence-electron chi connectivity index (χ0n) is 19.3. The maximum absolute atomic E-state index is 10.0. The Hall–Kier alpha value is -2.86. The molecule has 0 saturated heterocycles. The number of benzene rings is 1. The normalized spacial score (nSPS) is 11.0. The van der Waals surface area contributed by atoms with Gasteiger partial charge in [0.05, 0.1) is 5.76 Å². The molecule has 3 aromatic rings. The Morgan fingerprint density at radius 3 is 2.45 bits per heavy atom. The van der Waals surface area contributed by atoms with E-state index in [-0.39, 0.29) is 37.1 Å². The first kappa shape index (κ1) is 28.2. The average Bonchev–Trinajstić information content (AvgIpc) is 2.75. The van der Waals surface area contributed by atoms with Crippen molar-refractivity contribution in [3.05, 3.63) is 101 Å². The summed E-state index contributed by atoms with van der Waals surface area (Å²) in [6.45, 7) is 8.39. The monoisotopic (exact) mass is 624 g/mol. The number of para-hydroxylation sites is 1. The van der Waals surface area contributed by atoms with Gasteiger partial charge < -0.3 is 15.2 Å². The van der Waals surface area contributed by atoms with Crippen molar-refractivity contribution in [2.75, 3.05) is 6.54 Å². The Morgan fingerprint density at radius 2 is 1.88 bits per heavy atom. The number of allylic oxidation sites excluding steroid dienone is 2. The predicted molar refractivity (Wildman–Crippen MR) is 126 cm³/mol. The van der Waals surface area contributed by atoms with Gasteiger partial charge in [0, 0.05) is 55.6 Å². The van der Waals surface area contributed by atoms with Gasteiger partial charge in [0.25, 0.3) is 0 Å². The SMILES string of the molecule is CC(=O)/C=C(/C)O.CC(C)(C[N-]Cc1ccccn1)c1cccc(Oc2[c-]cccc2)n1.[Ir]. The van der Waals surface area contributed by atoms with E-state index in [2.05, 4.69) is 35.2 Å². The van der Waals surface area contributed by atoms with E-state index in [1.807, 2.05) is 60.7 Å². The van der Waals surface area contributed by atoms with Crippen LogP contribution in [0.4, 0.5) is 0 Å². The van der Waals surface area contributed by atoms with Crippen LogP contribution in [-0.4, -0.2) is 27.4 Å². The van der Waals surface area contributed by atoms with E-state index in [4.69, 9.17) is 9.84 Å². The number of ketones is 1. The number of nitrogens with zero attached hydrogens (tertiary/aromatic N) is 3. The van der Waals surface area contributed by atoms with Crippen molar-refractivity contribution >= 4 is 5.78 Å². The van der Waals surface area contributed by atoms with Crippen LogP contribution >= 0.6 is 0 Å². The van der Waals surface area contributed by atoms with Crippen LogP contribution < -0.4 is 4.74 Å². The molecule has 0 aliphatic heterocycles. The number of carbonyl (C=O) groups excluding carboxylic acids is 1. The van der Waals surface area contributed by atoms with E-state index >= 15 is 0 Å². The first-order valence-electron chi connectivity index (χ1n) is 10.3. The molecule has 33 heavy (non-hydrogen) atoms. The molecule has 1 aromatic carbocycles. The minimum absolute atomic E-state index is 0. The van der Waals surface area contributed by atoms with Gasteiger partial charge >= 0.3 is 0 Å². The smallest absolute Gasteiger partial charge is 0.216 e. The molecule has 3 rings (SSSR count). The Balaban J connectivity index is 0.000000595. The van der Waals surface area contributed by atoms with Gasteiger partial charge in [0.15, 0.2) is 5.78 Å². The van der Waals surface area contributed by atoms with Gasteiger partial charge in [0.2, 0.25) is 5.88 Å². The van der Waals surface area contributed by atoms with Crippen molar-refractivity contribution in [1.82, 2.24) is 9.97 Å².